The lowest BCUT2D eigenvalue weighted by Gasteiger charge is -2.17. The number of anilines is 1. The largest absolute Gasteiger partial charge is 0.508 e. The number of aromatic hydroxyl groups is 1. The van der Waals surface area contributed by atoms with Gasteiger partial charge in [-0.1, -0.05) is 13.8 Å². The van der Waals surface area contributed by atoms with Crippen LogP contribution in [0.2, 0.25) is 0 Å². The van der Waals surface area contributed by atoms with Crippen LogP contribution in [0.1, 0.15) is 27.2 Å². The molecule has 78 valence electrons. The fourth-order valence-corrected chi connectivity index (χ4v) is 1.61. The molecule has 0 aromatic heterocycles. The molecule has 0 radical (unpaired) electrons. The quantitative estimate of drug-likeness (QED) is 0.719. The fourth-order valence-electron chi connectivity index (χ4n) is 1.61. The molecular weight excluding hydrogens is 174 g/mol. The van der Waals surface area contributed by atoms with Crippen molar-refractivity contribution in [1.82, 2.24) is 0 Å². The van der Waals surface area contributed by atoms with Crippen molar-refractivity contribution in [3.05, 3.63) is 24.3 Å². The molecule has 1 atom stereocenters. The van der Waals surface area contributed by atoms with E-state index in [4.69, 9.17) is 5.11 Å². The van der Waals surface area contributed by atoms with Gasteiger partial charge in [-0.05, 0) is 43.5 Å². The SMILES string of the molecule is CC(C)CC(C)Nc1ccc(O)cc1. The average molecular weight is 193 g/mol. The van der Waals surface area contributed by atoms with Gasteiger partial charge in [-0.3, -0.25) is 0 Å². The van der Waals surface area contributed by atoms with Crippen LogP contribution in [0.15, 0.2) is 24.3 Å². The lowest BCUT2D eigenvalue weighted by molar-refractivity contribution is 0.475. The maximum Gasteiger partial charge on any atom is 0.115 e. The van der Waals surface area contributed by atoms with Gasteiger partial charge in [-0.25, -0.2) is 0 Å². The molecule has 14 heavy (non-hydrogen) atoms. The second kappa shape index (κ2) is 4.89. The van der Waals surface area contributed by atoms with Crippen molar-refractivity contribution in [1.29, 1.82) is 0 Å². The third-order valence-corrected chi connectivity index (χ3v) is 2.11. The number of hydrogen-bond donors (Lipinski definition) is 2. The van der Waals surface area contributed by atoms with E-state index in [1.54, 1.807) is 12.1 Å². The summed E-state index contributed by atoms with van der Waals surface area (Å²) in [7, 11) is 0. The van der Waals surface area contributed by atoms with E-state index in [-0.39, 0.29) is 0 Å². The van der Waals surface area contributed by atoms with E-state index in [1.807, 2.05) is 12.1 Å². The Morgan fingerprint density at radius 2 is 1.71 bits per heavy atom. The van der Waals surface area contributed by atoms with Crippen molar-refractivity contribution < 1.29 is 5.11 Å². The molecule has 0 aliphatic carbocycles. The minimum absolute atomic E-state index is 0.312. The molecule has 1 rings (SSSR count). The number of phenolic OH excluding ortho intramolecular Hbond substituents is 1. The van der Waals surface area contributed by atoms with E-state index in [0.29, 0.717) is 17.7 Å². The predicted octanol–water partition coefficient (Wildman–Crippen LogP) is 3.24. The minimum atomic E-state index is 0.312. The molecule has 0 fully saturated rings. The van der Waals surface area contributed by atoms with Crippen LogP contribution in [-0.4, -0.2) is 11.1 Å². The first-order chi connectivity index (χ1) is 6.58. The van der Waals surface area contributed by atoms with Crippen LogP contribution in [0.4, 0.5) is 5.69 Å². The van der Waals surface area contributed by atoms with Crippen LogP contribution in [-0.2, 0) is 0 Å². The Kier molecular flexibility index (Phi) is 3.81. The zero-order valence-corrected chi connectivity index (χ0v) is 9.12. The van der Waals surface area contributed by atoms with Gasteiger partial charge in [0, 0.05) is 11.7 Å². The fraction of sp³-hybridized carbons (Fsp3) is 0.500. The number of hydrogen-bond acceptors (Lipinski definition) is 2. The van der Waals surface area contributed by atoms with E-state index in [1.165, 1.54) is 0 Å². The second-order valence-corrected chi connectivity index (χ2v) is 4.22. The molecular formula is C12H19NO. The highest BCUT2D eigenvalue weighted by atomic mass is 16.3. The van der Waals surface area contributed by atoms with Crippen LogP contribution in [0.25, 0.3) is 0 Å². The molecule has 2 N–H and O–H groups in total. The summed E-state index contributed by atoms with van der Waals surface area (Å²) in [6.45, 7) is 6.61. The van der Waals surface area contributed by atoms with Gasteiger partial charge in [-0.2, -0.15) is 0 Å². The van der Waals surface area contributed by atoms with Crippen LogP contribution in [0.3, 0.4) is 0 Å². The molecule has 1 unspecified atom stereocenters. The molecule has 0 heterocycles. The Morgan fingerprint density at radius 1 is 1.14 bits per heavy atom. The number of benzene rings is 1. The van der Waals surface area contributed by atoms with Crippen molar-refractivity contribution in [2.75, 3.05) is 5.32 Å². The molecule has 0 aliphatic heterocycles. The molecule has 1 aromatic rings. The molecule has 2 nitrogen and oxygen atoms in total. The van der Waals surface area contributed by atoms with Crippen molar-refractivity contribution in [3.8, 4) is 5.75 Å². The lowest BCUT2D eigenvalue weighted by Crippen LogP contribution is -2.17. The first-order valence-electron chi connectivity index (χ1n) is 5.13. The van der Waals surface area contributed by atoms with Crippen LogP contribution in [0, 0.1) is 5.92 Å². The summed E-state index contributed by atoms with van der Waals surface area (Å²) in [6, 6.07) is 7.66. The van der Waals surface area contributed by atoms with Gasteiger partial charge in [-0.15, -0.1) is 0 Å². The van der Waals surface area contributed by atoms with Crippen LogP contribution >= 0.6 is 0 Å². The van der Waals surface area contributed by atoms with E-state index in [0.717, 1.165) is 12.1 Å². The summed E-state index contributed by atoms with van der Waals surface area (Å²) in [5, 5.41) is 12.5. The van der Waals surface area contributed by atoms with Gasteiger partial charge in [0.25, 0.3) is 0 Å². The lowest BCUT2D eigenvalue weighted by atomic mass is 10.1. The van der Waals surface area contributed by atoms with Crippen LogP contribution in [0.5, 0.6) is 5.75 Å². The first kappa shape index (κ1) is 10.9. The van der Waals surface area contributed by atoms with Gasteiger partial charge in [0.05, 0.1) is 0 Å². The maximum absolute atomic E-state index is 9.11. The van der Waals surface area contributed by atoms with Crippen molar-refractivity contribution in [3.63, 3.8) is 0 Å². The van der Waals surface area contributed by atoms with E-state index in [9.17, 15) is 0 Å². The molecule has 0 aliphatic rings. The van der Waals surface area contributed by atoms with Crippen molar-refractivity contribution >= 4 is 5.69 Å². The smallest absolute Gasteiger partial charge is 0.115 e. The van der Waals surface area contributed by atoms with Gasteiger partial charge >= 0.3 is 0 Å². The predicted molar refractivity (Wildman–Crippen MR) is 60.6 cm³/mol. The first-order valence-corrected chi connectivity index (χ1v) is 5.13. The highest BCUT2D eigenvalue weighted by Gasteiger charge is 2.04. The molecule has 0 bridgehead atoms. The highest BCUT2D eigenvalue weighted by molar-refractivity contribution is 5.46. The third kappa shape index (κ3) is 3.69. The average Bonchev–Trinajstić information content (AvgIpc) is 2.07. The maximum atomic E-state index is 9.11. The normalized spacial score (nSPS) is 12.9. The van der Waals surface area contributed by atoms with Crippen LogP contribution < -0.4 is 5.32 Å². The number of rotatable bonds is 4. The highest BCUT2D eigenvalue weighted by Crippen LogP contribution is 2.16. The molecule has 0 saturated carbocycles. The standard InChI is InChI=1S/C12H19NO/c1-9(2)8-10(3)13-11-4-6-12(14)7-5-11/h4-7,9-10,13-14H,8H2,1-3H3. The van der Waals surface area contributed by atoms with Gasteiger partial charge in [0.1, 0.15) is 5.75 Å². The number of nitrogens with one attached hydrogen (secondary N) is 1. The van der Waals surface area contributed by atoms with E-state index >= 15 is 0 Å². The Hall–Kier alpha value is -1.18. The van der Waals surface area contributed by atoms with Crippen molar-refractivity contribution in [2.24, 2.45) is 5.92 Å². The monoisotopic (exact) mass is 193 g/mol. The summed E-state index contributed by atoms with van der Waals surface area (Å²) in [5.74, 6) is 1.02. The molecule has 1 aromatic carbocycles. The van der Waals surface area contributed by atoms with Gasteiger partial charge < -0.3 is 10.4 Å². The summed E-state index contributed by atoms with van der Waals surface area (Å²) in [5.41, 5.74) is 1.07. The summed E-state index contributed by atoms with van der Waals surface area (Å²) >= 11 is 0. The van der Waals surface area contributed by atoms with Gasteiger partial charge in [0.2, 0.25) is 0 Å². The second-order valence-electron chi connectivity index (χ2n) is 4.22. The zero-order valence-electron chi connectivity index (χ0n) is 9.12. The Balaban J connectivity index is 2.47. The minimum Gasteiger partial charge on any atom is -0.508 e. The summed E-state index contributed by atoms with van der Waals surface area (Å²) in [4.78, 5) is 0. The zero-order chi connectivity index (χ0) is 10.6. The summed E-state index contributed by atoms with van der Waals surface area (Å²) in [6.07, 6.45) is 1.15. The van der Waals surface area contributed by atoms with E-state index in [2.05, 4.69) is 26.1 Å². The number of phenols is 1. The Bertz CT molecular complexity index is 266. The molecule has 2 heteroatoms. The molecule has 0 amide bonds. The topological polar surface area (TPSA) is 32.3 Å². The van der Waals surface area contributed by atoms with E-state index < -0.39 is 0 Å². The third-order valence-electron chi connectivity index (χ3n) is 2.11. The molecule has 0 spiro atoms. The van der Waals surface area contributed by atoms with Gasteiger partial charge in [0.15, 0.2) is 0 Å². The van der Waals surface area contributed by atoms with Crippen molar-refractivity contribution in [2.45, 2.75) is 33.2 Å². The Labute approximate surface area is 86.0 Å². The summed E-state index contributed by atoms with van der Waals surface area (Å²) < 4.78 is 0. The molecule has 0 saturated heterocycles. The Morgan fingerprint density at radius 3 is 2.21 bits per heavy atom.